The van der Waals surface area contributed by atoms with E-state index in [0.29, 0.717) is 43.3 Å². The third-order valence-electron chi connectivity index (χ3n) is 15.6. The lowest BCUT2D eigenvalue weighted by Crippen LogP contribution is -2.68. The van der Waals surface area contributed by atoms with Gasteiger partial charge >= 0.3 is 0 Å². The standard InChI is InChI=1S/C49H64O5Si/c1-33(50)28-44(52-31-35-16-10-7-11-17-35)46-34(2)41-24-25-42-40-23-22-36-29-37(26-27-48(36,6)43(40)30-45(51)49(41,42)32-53-46)54-55(47(3,4)5,38-18-12-8-13-19-38)39-20-14-9-15-21-39/h7-21,36-37,40-45,51H,22-32H2,1-6H3/t36-,37-,40-,41+,42-,43-,44+,45+,48-,49+/m0/s1. The largest absolute Gasteiger partial charge is 0.494 e. The lowest BCUT2D eigenvalue weighted by atomic mass is 9.43. The van der Waals surface area contributed by atoms with Gasteiger partial charge in [0.1, 0.15) is 17.6 Å². The van der Waals surface area contributed by atoms with Gasteiger partial charge < -0.3 is 19.0 Å². The van der Waals surface area contributed by atoms with Crippen molar-refractivity contribution >= 4 is 24.5 Å². The van der Waals surface area contributed by atoms with Gasteiger partial charge in [-0.3, -0.25) is 4.79 Å². The van der Waals surface area contributed by atoms with Crippen molar-refractivity contribution in [1.82, 2.24) is 0 Å². The molecule has 294 valence electrons. The molecule has 1 heterocycles. The van der Waals surface area contributed by atoms with Crippen LogP contribution in [0.3, 0.4) is 0 Å². The zero-order valence-electron chi connectivity index (χ0n) is 34.1. The van der Waals surface area contributed by atoms with Crippen LogP contribution in [0.1, 0.15) is 105 Å². The topological polar surface area (TPSA) is 65.0 Å². The quantitative estimate of drug-likeness (QED) is 0.209. The van der Waals surface area contributed by atoms with Crippen LogP contribution in [0.2, 0.25) is 5.04 Å². The highest BCUT2D eigenvalue weighted by Gasteiger charge is 2.67. The van der Waals surface area contributed by atoms with Crippen LogP contribution in [0, 0.1) is 40.4 Å². The second kappa shape index (κ2) is 15.0. The van der Waals surface area contributed by atoms with Crippen molar-refractivity contribution in [3.63, 3.8) is 0 Å². The summed E-state index contributed by atoms with van der Waals surface area (Å²) in [4.78, 5) is 12.5. The molecule has 6 heteroatoms. The van der Waals surface area contributed by atoms with E-state index in [1.54, 1.807) is 6.92 Å². The first-order chi connectivity index (χ1) is 26.4. The van der Waals surface area contributed by atoms with Crippen LogP contribution < -0.4 is 10.4 Å². The molecule has 0 unspecified atom stereocenters. The molecule has 1 aliphatic heterocycles. The molecule has 3 aromatic rings. The number of aliphatic hydroxyl groups is 1. The second-order valence-electron chi connectivity index (χ2n) is 19.4. The number of carbonyl (C=O) groups is 1. The number of hydrogen-bond acceptors (Lipinski definition) is 5. The summed E-state index contributed by atoms with van der Waals surface area (Å²) in [6.07, 6.45) is 8.59. The Morgan fingerprint density at radius 3 is 2.13 bits per heavy atom. The molecule has 8 rings (SSSR count). The van der Waals surface area contributed by atoms with Crippen molar-refractivity contribution in [3.8, 4) is 0 Å². The molecule has 10 atom stereocenters. The van der Waals surface area contributed by atoms with Gasteiger partial charge in [0, 0.05) is 17.9 Å². The number of Topliss-reactive ketones (excluding diaryl/α,β-unsaturated/α-hetero) is 1. The van der Waals surface area contributed by atoms with E-state index in [9.17, 15) is 9.90 Å². The van der Waals surface area contributed by atoms with E-state index in [1.165, 1.54) is 28.8 Å². The smallest absolute Gasteiger partial charge is 0.261 e. The molecule has 0 aromatic heterocycles. The third-order valence-corrected chi connectivity index (χ3v) is 20.7. The molecular formula is C49H64O5Si. The van der Waals surface area contributed by atoms with Crippen molar-refractivity contribution in [2.75, 3.05) is 6.61 Å². The summed E-state index contributed by atoms with van der Waals surface area (Å²) >= 11 is 0. The highest BCUT2D eigenvalue weighted by Crippen LogP contribution is 2.69. The highest BCUT2D eigenvalue weighted by molar-refractivity contribution is 6.99. The Balaban J connectivity index is 1.02. The van der Waals surface area contributed by atoms with Gasteiger partial charge in [0.15, 0.2) is 0 Å². The zero-order valence-corrected chi connectivity index (χ0v) is 35.1. The maximum atomic E-state index is 12.5. The van der Waals surface area contributed by atoms with E-state index in [2.05, 4.69) is 107 Å². The molecule has 0 bridgehead atoms. The number of ether oxygens (including phenoxy) is 2. The number of allylic oxidation sites excluding steroid dienone is 1. The fourth-order valence-electron chi connectivity index (χ4n) is 13.1. The van der Waals surface area contributed by atoms with Crippen LogP contribution in [0.5, 0.6) is 0 Å². The molecule has 4 saturated carbocycles. The first kappa shape index (κ1) is 38.8. The molecule has 4 aliphatic carbocycles. The van der Waals surface area contributed by atoms with Gasteiger partial charge in [0.2, 0.25) is 0 Å². The Hall–Kier alpha value is -3.03. The summed E-state index contributed by atoms with van der Waals surface area (Å²) in [7, 11) is -2.64. The monoisotopic (exact) mass is 760 g/mol. The molecule has 1 spiro atoms. The molecular weight excluding hydrogens is 697 g/mol. The van der Waals surface area contributed by atoms with Gasteiger partial charge in [0.25, 0.3) is 8.32 Å². The molecule has 0 radical (unpaired) electrons. The van der Waals surface area contributed by atoms with Crippen molar-refractivity contribution in [2.24, 2.45) is 40.4 Å². The predicted molar refractivity (Wildman–Crippen MR) is 222 cm³/mol. The summed E-state index contributed by atoms with van der Waals surface area (Å²) in [6.45, 7) is 14.6. The third kappa shape index (κ3) is 6.61. The molecule has 0 amide bonds. The van der Waals surface area contributed by atoms with Crippen molar-refractivity contribution in [3.05, 3.63) is 108 Å². The van der Waals surface area contributed by atoms with Crippen molar-refractivity contribution in [2.45, 2.75) is 129 Å². The Bertz CT molecular complexity index is 1800. The fourth-order valence-corrected chi connectivity index (χ4v) is 17.8. The minimum atomic E-state index is -2.64. The van der Waals surface area contributed by atoms with E-state index in [-0.39, 0.29) is 33.7 Å². The maximum absolute atomic E-state index is 12.5. The zero-order chi connectivity index (χ0) is 38.6. The summed E-state index contributed by atoms with van der Waals surface area (Å²) in [5.41, 5.74) is 2.22. The molecule has 4 fully saturated rings. The Morgan fingerprint density at radius 2 is 1.51 bits per heavy atom. The number of aliphatic hydroxyl groups excluding tert-OH is 1. The van der Waals surface area contributed by atoms with E-state index in [0.717, 1.165) is 49.8 Å². The van der Waals surface area contributed by atoms with E-state index < -0.39 is 20.5 Å². The van der Waals surface area contributed by atoms with E-state index in [4.69, 9.17) is 13.9 Å². The van der Waals surface area contributed by atoms with Gasteiger partial charge in [-0.15, -0.1) is 0 Å². The number of hydrogen-bond donors (Lipinski definition) is 1. The Labute approximate surface area is 331 Å². The normalized spacial score (nSPS) is 33.8. The number of benzene rings is 3. The van der Waals surface area contributed by atoms with Gasteiger partial charge in [-0.2, -0.15) is 0 Å². The van der Waals surface area contributed by atoms with Gasteiger partial charge in [-0.05, 0) is 127 Å². The molecule has 0 saturated heterocycles. The summed E-state index contributed by atoms with van der Waals surface area (Å²) in [5.74, 6) is 3.35. The maximum Gasteiger partial charge on any atom is 0.261 e. The lowest BCUT2D eigenvalue weighted by Gasteiger charge is -2.63. The minimum Gasteiger partial charge on any atom is -0.494 e. The van der Waals surface area contributed by atoms with Crippen molar-refractivity contribution in [1.29, 1.82) is 0 Å². The van der Waals surface area contributed by atoms with Gasteiger partial charge in [-0.25, -0.2) is 0 Å². The number of rotatable bonds is 10. The predicted octanol–water partition coefficient (Wildman–Crippen LogP) is 9.41. The van der Waals surface area contributed by atoms with Crippen LogP contribution in [0.25, 0.3) is 0 Å². The Morgan fingerprint density at radius 1 is 0.873 bits per heavy atom. The Kier molecular flexibility index (Phi) is 10.6. The van der Waals surface area contributed by atoms with Crippen LogP contribution in [0.4, 0.5) is 0 Å². The highest BCUT2D eigenvalue weighted by atomic mass is 28.4. The molecule has 55 heavy (non-hydrogen) atoms. The minimum absolute atomic E-state index is 0.0382. The van der Waals surface area contributed by atoms with E-state index >= 15 is 0 Å². The van der Waals surface area contributed by atoms with Crippen molar-refractivity contribution < 1.29 is 23.8 Å². The summed E-state index contributed by atoms with van der Waals surface area (Å²) < 4.78 is 21.0. The SMILES string of the molecule is CC(=O)C[C@@H](OCc1ccccc1)C1=C(C)[C@H]2CC[C@H]3[C@@H]4CC[C@H]5C[C@@H](O[Si](c6ccccc6)(c6ccccc6)C(C)(C)C)CC[C@]5(C)[C@H]4C[C@@H](O)[C@]23CO1. The van der Waals surface area contributed by atoms with Crippen LogP contribution >= 0.6 is 0 Å². The molecule has 1 N–H and O–H groups in total. The number of ketones is 1. The van der Waals surface area contributed by atoms with Crippen LogP contribution in [-0.2, 0) is 25.3 Å². The summed E-state index contributed by atoms with van der Waals surface area (Å²) in [6, 6.07) is 32.4. The average Bonchev–Trinajstić information content (AvgIpc) is 3.59. The van der Waals surface area contributed by atoms with Gasteiger partial charge in [0.05, 0.1) is 19.3 Å². The van der Waals surface area contributed by atoms with E-state index in [1.807, 2.05) is 18.2 Å². The summed E-state index contributed by atoms with van der Waals surface area (Å²) in [5, 5.41) is 15.2. The first-order valence-electron chi connectivity index (χ1n) is 21.3. The number of carbonyl (C=O) groups excluding carboxylic acids is 1. The average molecular weight is 761 g/mol. The fraction of sp³-hybridized carbons (Fsp3) is 0.571. The molecule has 5 nitrogen and oxygen atoms in total. The first-order valence-corrected chi connectivity index (χ1v) is 23.2. The van der Waals surface area contributed by atoms with Gasteiger partial charge in [-0.1, -0.05) is 119 Å². The second-order valence-corrected chi connectivity index (χ2v) is 23.6. The number of fused-ring (bicyclic) bond motifs is 4. The molecule has 5 aliphatic rings. The lowest BCUT2D eigenvalue weighted by molar-refractivity contribution is -0.194. The van der Waals surface area contributed by atoms with Crippen LogP contribution in [-0.4, -0.2) is 44.1 Å². The van der Waals surface area contributed by atoms with Crippen LogP contribution in [0.15, 0.2) is 102 Å². The molecule has 3 aromatic carbocycles.